The Labute approximate surface area is 151 Å². The number of rotatable bonds is 5. The molecule has 0 unspecified atom stereocenters. The third-order valence-corrected chi connectivity index (χ3v) is 4.65. The van der Waals surface area contributed by atoms with Crippen LogP contribution in [0.1, 0.15) is 24.1 Å². The Morgan fingerprint density at radius 1 is 1.28 bits per heavy atom. The SMILES string of the molecule is C[C@@H](c1ccc(Br)cn1)[C@](O)(Cn1cncn1)c1ccc(F)cc1F. The molecule has 2 atom stereocenters. The van der Waals surface area contributed by atoms with Gasteiger partial charge in [0.15, 0.2) is 0 Å². The number of aromatic nitrogens is 4. The first-order valence-corrected chi connectivity index (χ1v) is 8.31. The minimum atomic E-state index is -1.70. The molecule has 130 valence electrons. The average Bonchev–Trinajstić information content (AvgIpc) is 3.07. The van der Waals surface area contributed by atoms with Gasteiger partial charge in [-0.25, -0.2) is 18.4 Å². The summed E-state index contributed by atoms with van der Waals surface area (Å²) < 4.78 is 29.9. The molecule has 8 heteroatoms. The number of pyridine rings is 1. The molecule has 0 bridgehead atoms. The van der Waals surface area contributed by atoms with Gasteiger partial charge in [-0.2, -0.15) is 5.10 Å². The van der Waals surface area contributed by atoms with Crippen LogP contribution in [0.15, 0.2) is 53.7 Å². The summed E-state index contributed by atoms with van der Waals surface area (Å²) in [6.45, 7) is 1.67. The Morgan fingerprint density at radius 3 is 2.68 bits per heavy atom. The number of hydrogen-bond donors (Lipinski definition) is 1. The van der Waals surface area contributed by atoms with Crippen molar-refractivity contribution in [1.82, 2.24) is 19.7 Å². The molecular weight excluding hydrogens is 394 g/mol. The molecule has 0 saturated carbocycles. The lowest BCUT2D eigenvalue weighted by atomic mass is 9.79. The monoisotopic (exact) mass is 408 g/mol. The number of hydrogen-bond acceptors (Lipinski definition) is 4. The van der Waals surface area contributed by atoms with Crippen molar-refractivity contribution in [2.24, 2.45) is 0 Å². The van der Waals surface area contributed by atoms with Gasteiger partial charge in [-0.1, -0.05) is 13.0 Å². The molecule has 25 heavy (non-hydrogen) atoms. The van der Waals surface area contributed by atoms with Gasteiger partial charge in [0.25, 0.3) is 0 Å². The van der Waals surface area contributed by atoms with Crippen LogP contribution in [-0.2, 0) is 12.1 Å². The molecule has 0 amide bonds. The zero-order chi connectivity index (χ0) is 18.0. The summed E-state index contributed by atoms with van der Waals surface area (Å²) in [5, 5.41) is 15.4. The van der Waals surface area contributed by atoms with Crippen LogP contribution in [0, 0.1) is 11.6 Å². The molecule has 2 aromatic heterocycles. The van der Waals surface area contributed by atoms with Crippen LogP contribution in [-0.4, -0.2) is 24.9 Å². The van der Waals surface area contributed by atoms with E-state index in [1.807, 2.05) is 0 Å². The van der Waals surface area contributed by atoms with Crippen molar-refractivity contribution in [1.29, 1.82) is 0 Å². The maximum Gasteiger partial charge on any atom is 0.137 e. The summed E-state index contributed by atoms with van der Waals surface area (Å²) in [5.74, 6) is -2.13. The van der Waals surface area contributed by atoms with Crippen molar-refractivity contribution < 1.29 is 13.9 Å². The van der Waals surface area contributed by atoms with Gasteiger partial charge in [0.1, 0.15) is 29.9 Å². The summed E-state index contributed by atoms with van der Waals surface area (Å²) in [7, 11) is 0. The molecule has 0 spiro atoms. The van der Waals surface area contributed by atoms with Crippen molar-refractivity contribution >= 4 is 15.9 Å². The molecule has 0 radical (unpaired) electrons. The minimum Gasteiger partial charge on any atom is -0.382 e. The Bertz CT molecular complexity index is 858. The van der Waals surface area contributed by atoms with Gasteiger partial charge in [-0.05, 0) is 34.1 Å². The van der Waals surface area contributed by atoms with Gasteiger partial charge in [0, 0.05) is 33.9 Å². The summed E-state index contributed by atoms with van der Waals surface area (Å²) >= 11 is 3.31. The van der Waals surface area contributed by atoms with E-state index in [1.54, 1.807) is 25.3 Å². The van der Waals surface area contributed by atoms with Crippen molar-refractivity contribution in [3.8, 4) is 0 Å². The molecule has 5 nitrogen and oxygen atoms in total. The molecule has 3 aromatic rings. The van der Waals surface area contributed by atoms with Crippen LogP contribution in [0.25, 0.3) is 0 Å². The zero-order valence-corrected chi connectivity index (χ0v) is 14.9. The largest absolute Gasteiger partial charge is 0.382 e. The second kappa shape index (κ2) is 6.97. The van der Waals surface area contributed by atoms with E-state index >= 15 is 0 Å². The Hall–Kier alpha value is -2.19. The second-order valence-electron chi connectivity index (χ2n) is 5.76. The van der Waals surface area contributed by atoms with Crippen molar-refractivity contribution in [2.75, 3.05) is 0 Å². The molecule has 3 rings (SSSR count). The van der Waals surface area contributed by atoms with Gasteiger partial charge in [0.2, 0.25) is 0 Å². The maximum atomic E-state index is 14.4. The maximum absolute atomic E-state index is 14.4. The third kappa shape index (κ3) is 3.59. The Kier molecular flexibility index (Phi) is 4.91. The van der Waals surface area contributed by atoms with E-state index in [4.69, 9.17) is 0 Å². The summed E-state index contributed by atoms with van der Waals surface area (Å²) in [6.07, 6.45) is 4.35. The molecule has 0 fully saturated rings. The fourth-order valence-electron chi connectivity index (χ4n) is 2.75. The van der Waals surface area contributed by atoms with Gasteiger partial charge in [0.05, 0.1) is 6.54 Å². The fourth-order valence-corrected chi connectivity index (χ4v) is 2.98. The number of halogens is 3. The van der Waals surface area contributed by atoms with Gasteiger partial charge >= 0.3 is 0 Å². The first kappa shape index (κ1) is 17.6. The van der Waals surface area contributed by atoms with E-state index in [-0.39, 0.29) is 12.1 Å². The zero-order valence-electron chi connectivity index (χ0n) is 13.3. The van der Waals surface area contributed by atoms with Crippen molar-refractivity contribution in [2.45, 2.75) is 25.0 Å². The van der Waals surface area contributed by atoms with Crippen LogP contribution < -0.4 is 0 Å². The topological polar surface area (TPSA) is 63.8 Å². The molecule has 0 saturated heterocycles. The highest BCUT2D eigenvalue weighted by Gasteiger charge is 2.40. The van der Waals surface area contributed by atoms with Gasteiger partial charge in [-0.3, -0.25) is 4.98 Å². The second-order valence-corrected chi connectivity index (χ2v) is 6.68. The number of benzene rings is 1. The molecular formula is C17H15BrF2N4O. The molecule has 0 aliphatic rings. The quantitative estimate of drug-likeness (QED) is 0.702. The van der Waals surface area contributed by atoms with E-state index in [0.717, 1.165) is 16.6 Å². The highest BCUT2D eigenvalue weighted by atomic mass is 79.9. The number of aliphatic hydroxyl groups is 1. The normalized spacial score (nSPS) is 14.9. The summed E-state index contributed by atoms with van der Waals surface area (Å²) in [5.41, 5.74) is -1.16. The van der Waals surface area contributed by atoms with Crippen LogP contribution in [0.2, 0.25) is 0 Å². The first-order chi connectivity index (χ1) is 11.9. The molecule has 0 aliphatic carbocycles. The third-order valence-electron chi connectivity index (χ3n) is 4.18. The van der Waals surface area contributed by atoms with Crippen molar-refractivity contribution in [3.05, 3.63) is 76.5 Å². The van der Waals surface area contributed by atoms with E-state index in [1.165, 1.54) is 23.4 Å². The smallest absolute Gasteiger partial charge is 0.137 e. The average molecular weight is 409 g/mol. The lowest BCUT2D eigenvalue weighted by molar-refractivity contribution is -0.0123. The van der Waals surface area contributed by atoms with Gasteiger partial charge in [-0.15, -0.1) is 0 Å². The Balaban J connectivity index is 2.09. The minimum absolute atomic E-state index is 0.0263. The molecule has 0 aliphatic heterocycles. The number of nitrogens with zero attached hydrogens (tertiary/aromatic N) is 4. The summed E-state index contributed by atoms with van der Waals surface area (Å²) in [4.78, 5) is 8.14. The standard InChI is InChI=1S/C17H15BrF2N4O/c1-11(16-5-2-12(18)7-22-16)17(25,8-24-10-21-9-23-24)14-4-3-13(19)6-15(14)20/h2-7,9-11,25H,8H2,1H3/t11-,17+/m0/s1. The molecule has 2 heterocycles. The van der Waals surface area contributed by atoms with Crippen LogP contribution in [0.4, 0.5) is 8.78 Å². The lowest BCUT2D eigenvalue weighted by Crippen LogP contribution is -2.38. The van der Waals surface area contributed by atoms with Crippen LogP contribution in [0.3, 0.4) is 0 Å². The predicted octanol–water partition coefficient (Wildman–Crippen LogP) is 3.41. The Morgan fingerprint density at radius 2 is 2.08 bits per heavy atom. The highest BCUT2D eigenvalue weighted by Crippen LogP contribution is 2.39. The van der Waals surface area contributed by atoms with E-state index in [9.17, 15) is 13.9 Å². The molecule has 1 N–H and O–H groups in total. The lowest BCUT2D eigenvalue weighted by Gasteiger charge is -2.34. The van der Waals surface area contributed by atoms with Crippen molar-refractivity contribution in [3.63, 3.8) is 0 Å². The first-order valence-electron chi connectivity index (χ1n) is 7.52. The highest BCUT2D eigenvalue weighted by molar-refractivity contribution is 9.10. The fraction of sp³-hybridized carbons (Fsp3) is 0.235. The predicted molar refractivity (Wildman–Crippen MR) is 90.6 cm³/mol. The van der Waals surface area contributed by atoms with Crippen LogP contribution >= 0.6 is 15.9 Å². The molecule has 1 aromatic carbocycles. The van der Waals surface area contributed by atoms with E-state index in [2.05, 4.69) is 31.0 Å². The van der Waals surface area contributed by atoms with Gasteiger partial charge < -0.3 is 5.11 Å². The van der Waals surface area contributed by atoms with E-state index in [0.29, 0.717) is 5.69 Å². The van der Waals surface area contributed by atoms with Crippen LogP contribution in [0.5, 0.6) is 0 Å². The van der Waals surface area contributed by atoms with E-state index < -0.39 is 23.2 Å². The summed E-state index contributed by atoms with van der Waals surface area (Å²) in [6, 6.07) is 6.64.